The number of carbonyl (C=O) groups is 5. The third kappa shape index (κ3) is 15.2. The molecule has 0 amide bonds. The van der Waals surface area contributed by atoms with E-state index >= 15 is 0 Å². The van der Waals surface area contributed by atoms with Gasteiger partial charge in [0, 0.05) is 0 Å². The average Bonchev–Trinajstić information content (AvgIpc) is 2.64. The van der Waals surface area contributed by atoms with Crippen LogP contribution in [0.2, 0.25) is 0 Å². The molecule has 0 aromatic heterocycles. The van der Waals surface area contributed by atoms with E-state index in [2.05, 4.69) is 0 Å². The highest BCUT2D eigenvalue weighted by molar-refractivity contribution is 5.88. The van der Waals surface area contributed by atoms with Crippen molar-refractivity contribution in [3.63, 3.8) is 0 Å². The van der Waals surface area contributed by atoms with Crippen LogP contribution in [0.1, 0.15) is 12.8 Å². The van der Waals surface area contributed by atoms with Crippen molar-refractivity contribution in [1.29, 1.82) is 0 Å². The first-order chi connectivity index (χ1) is 13.6. The maximum Gasteiger partial charge on any atom is 0.336 e. The summed E-state index contributed by atoms with van der Waals surface area (Å²) in [6.07, 6.45) is -6.92. The van der Waals surface area contributed by atoms with Gasteiger partial charge in [-0.1, -0.05) is 0 Å². The second-order valence-electron chi connectivity index (χ2n) is 5.47. The summed E-state index contributed by atoms with van der Waals surface area (Å²) < 4.78 is 0. The van der Waals surface area contributed by atoms with Crippen molar-refractivity contribution in [3.8, 4) is 0 Å². The van der Waals surface area contributed by atoms with Crippen LogP contribution in [-0.4, -0.2) is 124 Å². The molecule has 0 bridgehead atoms. The van der Waals surface area contributed by atoms with Crippen LogP contribution in [0.4, 0.5) is 0 Å². The van der Waals surface area contributed by atoms with E-state index in [1.54, 1.807) is 0 Å². The number of nitrogens with two attached hydrogens (primary N) is 1. The van der Waals surface area contributed by atoms with E-state index < -0.39 is 79.9 Å². The lowest BCUT2D eigenvalue weighted by Crippen LogP contribution is -2.42. The van der Waals surface area contributed by atoms with Gasteiger partial charge in [0.2, 0.25) is 0 Å². The Hall–Kier alpha value is -2.73. The number of carboxylic acids is 4. The summed E-state index contributed by atoms with van der Waals surface area (Å²) >= 11 is 0. The fraction of sp³-hybridized carbons (Fsp3) is 0.643. The molecule has 0 aromatic rings. The first-order valence-electron chi connectivity index (χ1n) is 7.68. The molecule has 30 heavy (non-hydrogen) atoms. The summed E-state index contributed by atoms with van der Waals surface area (Å²) in [5.74, 6) is -6.20. The number of carboxylic acid groups (broad SMARTS) is 4. The van der Waals surface area contributed by atoms with Gasteiger partial charge in [-0.2, -0.15) is 0 Å². The third-order valence-corrected chi connectivity index (χ3v) is 2.87. The number of rotatable bonds is 11. The van der Waals surface area contributed by atoms with Crippen molar-refractivity contribution in [2.45, 2.75) is 42.8 Å². The van der Waals surface area contributed by atoms with Gasteiger partial charge in [0.1, 0.15) is 24.4 Å². The molecule has 0 aliphatic heterocycles. The van der Waals surface area contributed by atoms with Crippen molar-refractivity contribution in [2.24, 2.45) is 5.73 Å². The van der Waals surface area contributed by atoms with Gasteiger partial charge < -0.3 is 61.6 Å². The summed E-state index contributed by atoms with van der Waals surface area (Å²) in [5.41, 5.74) is 2.03. The van der Waals surface area contributed by atoms with Crippen LogP contribution in [0, 0.1) is 0 Å². The molecule has 16 heteroatoms. The van der Waals surface area contributed by atoms with Crippen LogP contribution >= 0.6 is 0 Å². The van der Waals surface area contributed by atoms with E-state index in [-0.39, 0.29) is 6.29 Å². The topological polar surface area (TPSA) is 314 Å². The highest BCUT2D eigenvalue weighted by atomic mass is 16.4. The predicted molar refractivity (Wildman–Crippen MR) is 91.0 cm³/mol. The van der Waals surface area contributed by atoms with E-state index in [1.807, 2.05) is 0 Å². The van der Waals surface area contributed by atoms with E-state index in [0.717, 1.165) is 0 Å². The Morgan fingerprint density at radius 1 is 0.867 bits per heavy atom. The number of carbonyl (C=O) groups excluding carboxylic acids is 1. The van der Waals surface area contributed by atoms with Crippen LogP contribution in [0.5, 0.6) is 0 Å². The second-order valence-corrected chi connectivity index (χ2v) is 5.47. The molecule has 0 spiro atoms. The molecule has 12 N–H and O–H groups in total. The Kier molecular flexibility index (Phi) is 17.2. The van der Waals surface area contributed by atoms with Gasteiger partial charge >= 0.3 is 23.9 Å². The van der Waals surface area contributed by atoms with Gasteiger partial charge in [0.15, 0.2) is 11.9 Å². The normalized spacial score (nSPS) is 14.4. The number of aldehydes is 1. The SMILES string of the molecule is N[C@@H](CO)C(=O)O.O=C(O)CC(O)(CC(=O)O)C(=O)O.O=C[C@H](O)[C@@H](O)[C@H](O)CO. The molecule has 0 heterocycles. The molecule has 0 saturated carbocycles. The molecule has 0 fully saturated rings. The van der Waals surface area contributed by atoms with E-state index in [4.69, 9.17) is 56.8 Å². The minimum Gasteiger partial charge on any atom is -0.481 e. The van der Waals surface area contributed by atoms with Crippen LogP contribution in [0.15, 0.2) is 0 Å². The summed E-state index contributed by atoms with van der Waals surface area (Å²) in [6.45, 7) is -1.19. The molecule has 0 aromatic carbocycles. The molecule has 0 rings (SSSR count). The molecule has 16 nitrogen and oxygen atoms in total. The van der Waals surface area contributed by atoms with Crippen LogP contribution in [0.25, 0.3) is 0 Å². The third-order valence-electron chi connectivity index (χ3n) is 2.87. The fourth-order valence-corrected chi connectivity index (χ4v) is 1.21. The molecular weight excluding hydrogens is 422 g/mol. The van der Waals surface area contributed by atoms with Gasteiger partial charge in [-0.05, 0) is 0 Å². The smallest absolute Gasteiger partial charge is 0.336 e. The van der Waals surface area contributed by atoms with E-state index in [9.17, 15) is 24.0 Å². The Morgan fingerprint density at radius 3 is 1.43 bits per heavy atom. The largest absolute Gasteiger partial charge is 0.481 e. The van der Waals surface area contributed by atoms with Gasteiger partial charge in [0.05, 0.1) is 26.1 Å². The number of hydrogen-bond donors (Lipinski definition) is 11. The zero-order valence-electron chi connectivity index (χ0n) is 15.3. The molecule has 0 radical (unpaired) electrons. The van der Waals surface area contributed by atoms with Crippen molar-refractivity contribution in [1.82, 2.24) is 0 Å². The van der Waals surface area contributed by atoms with Crippen molar-refractivity contribution in [3.05, 3.63) is 0 Å². The van der Waals surface area contributed by atoms with E-state index in [0.29, 0.717) is 0 Å². The summed E-state index contributed by atoms with van der Waals surface area (Å²) in [5, 5.41) is 83.8. The molecular formula is C14H25NO15. The molecule has 176 valence electrons. The summed E-state index contributed by atoms with van der Waals surface area (Å²) in [6, 6.07) is -1.13. The zero-order chi connectivity index (χ0) is 24.7. The lowest BCUT2D eigenvalue weighted by atomic mass is 9.96. The fourth-order valence-electron chi connectivity index (χ4n) is 1.21. The molecule has 0 aliphatic carbocycles. The Bertz CT molecular complexity index is 550. The minimum absolute atomic E-state index is 0.0869. The van der Waals surface area contributed by atoms with Gasteiger partial charge in [0.25, 0.3) is 0 Å². The Morgan fingerprint density at radius 2 is 1.27 bits per heavy atom. The van der Waals surface area contributed by atoms with Gasteiger partial charge in [-0.3, -0.25) is 14.4 Å². The van der Waals surface area contributed by atoms with Crippen molar-refractivity contribution >= 4 is 30.2 Å². The second kappa shape index (κ2) is 16.1. The Balaban J connectivity index is -0.000000383. The van der Waals surface area contributed by atoms with Crippen molar-refractivity contribution in [2.75, 3.05) is 13.2 Å². The first kappa shape index (κ1) is 31.9. The number of aliphatic hydroxyl groups excluding tert-OH is 5. The van der Waals surface area contributed by atoms with Crippen LogP contribution in [0.3, 0.4) is 0 Å². The quantitative estimate of drug-likeness (QED) is 0.131. The highest BCUT2D eigenvalue weighted by Gasteiger charge is 2.40. The standard InChI is InChI=1S/C6H8O7.C5H10O5.C3H7NO3/c7-3(8)1-6(13,5(11)12)2-4(9)10;6-1-3(8)5(10)4(9)2-7;4-2(1-5)3(6)7/h13H,1-2H2,(H,7,8)(H,9,10)(H,11,12);1,3-5,7-10H,2H2;2,5H,1,4H2,(H,6,7)/t;3-,4+,5+;2-/m.00/s1. The lowest BCUT2D eigenvalue weighted by Gasteiger charge is -2.18. The maximum absolute atomic E-state index is 10.3. The summed E-state index contributed by atoms with van der Waals surface area (Å²) in [7, 11) is 0. The lowest BCUT2D eigenvalue weighted by molar-refractivity contribution is -0.170. The first-order valence-corrected chi connectivity index (χ1v) is 7.68. The number of hydrogen-bond acceptors (Lipinski definition) is 12. The predicted octanol–water partition coefficient (Wildman–Crippen LogP) is -5.60. The van der Waals surface area contributed by atoms with Crippen LogP contribution in [-0.2, 0) is 24.0 Å². The van der Waals surface area contributed by atoms with Crippen molar-refractivity contribution < 1.29 is 75.0 Å². The van der Waals surface area contributed by atoms with Gasteiger partial charge in [-0.25, -0.2) is 4.79 Å². The molecule has 0 saturated heterocycles. The monoisotopic (exact) mass is 447 g/mol. The zero-order valence-corrected chi connectivity index (χ0v) is 15.3. The molecule has 4 atom stereocenters. The average molecular weight is 447 g/mol. The maximum atomic E-state index is 10.3. The van der Waals surface area contributed by atoms with Crippen LogP contribution < -0.4 is 5.73 Å². The van der Waals surface area contributed by atoms with Gasteiger partial charge in [-0.15, -0.1) is 0 Å². The molecule has 0 aliphatic rings. The highest BCUT2D eigenvalue weighted by Crippen LogP contribution is 2.15. The Labute approximate surface area is 168 Å². The number of aliphatic hydroxyl groups is 6. The van der Waals surface area contributed by atoms with E-state index in [1.165, 1.54) is 0 Å². The minimum atomic E-state index is -2.74. The number of aliphatic carboxylic acids is 4. The summed E-state index contributed by atoms with van der Waals surface area (Å²) in [4.78, 5) is 49.9. The molecule has 0 unspecified atom stereocenters.